The lowest BCUT2D eigenvalue weighted by atomic mass is 10.3. The Morgan fingerprint density at radius 2 is 2.29 bits per heavy atom. The number of benzene rings is 1. The van der Waals surface area contributed by atoms with Crippen molar-refractivity contribution in [1.82, 2.24) is 0 Å². The van der Waals surface area contributed by atoms with Gasteiger partial charge in [0.15, 0.2) is 17.7 Å². The van der Waals surface area contributed by atoms with E-state index in [9.17, 15) is 9.18 Å². The molecule has 1 unspecified atom stereocenters. The number of hydrogen-bond donors (Lipinski definition) is 0. The quantitative estimate of drug-likeness (QED) is 0.796. The van der Waals surface area contributed by atoms with Crippen LogP contribution in [0.4, 0.5) is 4.39 Å². The van der Waals surface area contributed by atoms with Gasteiger partial charge in [0, 0.05) is 4.47 Å². The monoisotopic (exact) mass is 280 g/mol. The maximum absolute atomic E-state index is 13.2. The summed E-state index contributed by atoms with van der Waals surface area (Å²) in [5, 5.41) is -0.660. The predicted octanol–water partition coefficient (Wildman–Crippen LogP) is 3.12. The first-order valence-electron chi connectivity index (χ1n) is 3.81. The number of carbonyl (C=O) groups is 1. The van der Waals surface area contributed by atoms with Gasteiger partial charge < -0.3 is 4.74 Å². The van der Waals surface area contributed by atoms with E-state index in [2.05, 4.69) is 15.9 Å². The van der Waals surface area contributed by atoms with Gasteiger partial charge in [-0.1, -0.05) is 15.9 Å². The summed E-state index contributed by atoms with van der Waals surface area (Å²) in [5.41, 5.74) is 0. The van der Waals surface area contributed by atoms with E-state index in [1.165, 1.54) is 19.1 Å². The maximum atomic E-state index is 13.2. The minimum absolute atomic E-state index is 0.00898. The molecule has 1 aromatic carbocycles. The van der Waals surface area contributed by atoms with Crippen LogP contribution in [-0.4, -0.2) is 11.3 Å². The number of carbonyl (C=O) groups excluding carboxylic acids is 1. The van der Waals surface area contributed by atoms with E-state index in [1.807, 2.05) is 0 Å². The van der Waals surface area contributed by atoms with Crippen LogP contribution < -0.4 is 4.74 Å². The van der Waals surface area contributed by atoms with Crippen LogP contribution in [0.15, 0.2) is 22.7 Å². The van der Waals surface area contributed by atoms with Gasteiger partial charge in [-0.15, -0.1) is 0 Å². The highest BCUT2D eigenvalue weighted by Gasteiger charge is 2.13. The zero-order chi connectivity index (χ0) is 10.7. The topological polar surface area (TPSA) is 26.3 Å². The van der Waals surface area contributed by atoms with Gasteiger partial charge in [0.1, 0.15) is 0 Å². The van der Waals surface area contributed by atoms with Crippen molar-refractivity contribution in [3.05, 3.63) is 28.5 Å². The lowest BCUT2D eigenvalue weighted by molar-refractivity contribution is -0.117. The molecule has 0 aliphatic carbocycles. The van der Waals surface area contributed by atoms with E-state index in [4.69, 9.17) is 16.3 Å². The highest BCUT2D eigenvalue weighted by molar-refractivity contribution is 9.10. The largest absolute Gasteiger partial charge is 0.478 e. The van der Waals surface area contributed by atoms with Gasteiger partial charge in [-0.3, -0.25) is 4.79 Å². The van der Waals surface area contributed by atoms with Crippen LogP contribution in [0.3, 0.4) is 0 Å². The minimum Gasteiger partial charge on any atom is -0.478 e. The molecular weight excluding hydrogens is 274 g/mol. The lowest BCUT2D eigenvalue weighted by Crippen LogP contribution is -2.19. The number of rotatable bonds is 3. The lowest BCUT2D eigenvalue weighted by Gasteiger charge is -2.10. The summed E-state index contributed by atoms with van der Waals surface area (Å²) in [6.07, 6.45) is -0.854. The second-order valence-electron chi connectivity index (χ2n) is 2.64. The van der Waals surface area contributed by atoms with Crippen molar-refractivity contribution in [3.8, 4) is 5.75 Å². The van der Waals surface area contributed by atoms with Crippen molar-refractivity contribution in [2.24, 2.45) is 0 Å². The van der Waals surface area contributed by atoms with E-state index < -0.39 is 17.2 Å². The predicted molar refractivity (Wildman–Crippen MR) is 55.1 cm³/mol. The fourth-order valence-electron chi connectivity index (χ4n) is 0.808. The summed E-state index contributed by atoms with van der Waals surface area (Å²) in [5.74, 6) is -0.529. The SMILES string of the molecule is CC(Oc1ccc(Br)cc1F)C(=O)Cl. The molecule has 0 saturated carbocycles. The van der Waals surface area contributed by atoms with E-state index >= 15 is 0 Å². The summed E-state index contributed by atoms with van der Waals surface area (Å²) in [4.78, 5) is 10.6. The van der Waals surface area contributed by atoms with Gasteiger partial charge in [-0.05, 0) is 36.7 Å². The molecule has 1 rings (SSSR count). The molecule has 0 saturated heterocycles. The van der Waals surface area contributed by atoms with Crippen molar-refractivity contribution < 1.29 is 13.9 Å². The van der Waals surface area contributed by atoms with Crippen molar-refractivity contribution >= 4 is 32.8 Å². The summed E-state index contributed by atoms with van der Waals surface area (Å²) >= 11 is 8.27. The second-order valence-corrected chi connectivity index (χ2v) is 3.93. The molecule has 0 bridgehead atoms. The van der Waals surface area contributed by atoms with Gasteiger partial charge in [-0.2, -0.15) is 0 Å². The van der Waals surface area contributed by atoms with Gasteiger partial charge >= 0.3 is 0 Å². The minimum atomic E-state index is -0.854. The molecule has 1 aromatic rings. The van der Waals surface area contributed by atoms with Crippen molar-refractivity contribution in [2.75, 3.05) is 0 Å². The Bertz CT molecular complexity index is 357. The molecule has 0 N–H and O–H groups in total. The molecule has 0 spiro atoms. The van der Waals surface area contributed by atoms with Gasteiger partial charge in [0.25, 0.3) is 5.24 Å². The number of hydrogen-bond acceptors (Lipinski definition) is 2. The van der Waals surface area contributed by atoms with Crippen LogP contribution in [0.25, 0.3) is 0 Å². The Morgan fingerprint density at radius 1 is 1.64 bits per heavy atom. The third-order valence-electron chi connectivity index (χ3n) is 1.52. The molecule has 0 aliphatic heterocycles. The first-order chi connectivity index (χ1) is 6.50. The summed E-state index contributed by atoms with van der Waals surface area (Å²) < 4.78 is 18.8. The van der Waals surface area contributed by atoms with Crippen LogP contribution in [-0.2, 0) is 4.79 Å². The molecule has 0 heterocycles. The average Bonchev–Trinajstić information content (AvgIpc) is 2.09. The van der Waals surface area contributed by atoms with Gasteiger partial charge in [0.05, 0.1) is 0 Å². The third kappa shape index (κ3) is 2.96. The zero-order valence-electron chi connectivity index (χ0n) is 7.26. The van der Waals surface area contributed by atoms with Crippen molar-refractivity contribution in [1.29, 1.82) is 0 Å². The maximum Gasteiger partial charge on any atom is 0.262 e. The van der Waals surface area contributed by atoms with Crippen LogP contribution in [0.2, 0.25) is 0 Å². The molecular formula is C9H7BrClFO2. The van der Waals surface area contributed by atoms with Gasteiger partial charge in [0.2, 0.25) is 0 Å². The fraction of sp³-hybridized carbons (Fsp3) is 0.222. The van der Waals surface area contributed by atoms with Crippen LogP contribution >= 0.6 is 27.5 Å². The molecule has 76 valence electrons. The number of halogens is 3. The van der Waals surface area contributed by atoms with Crippen LogP contribution in [0.5, 0.6) is 5.75 Å². The molecule has 2 nitrogen and oxygen atoms in total. The van der Waals surface area contributed by atoms with E-state index in [0.717, 1.165) is 0 Å². The van der Waals surface area contributed by atoms with E-state index in [1.54, 1.807) is 6.07 Å². The Labute approximate surface area is 94.1 Å². The summed E-state index contributed by atoms with van der Waals surface area (Å²) in [7, 11) is 0. The Kier molecular flexibility index (Phi) is 3.89. The van der Waals surface area contributed by atoms with Gasteiger partial charge in [-0.25, -0.2) is 4.39 Å². The first kappa shape index (κ1) is 11.5. The molecule has 0 fully saturated rings. The molecule has 0 aliphatic rings. The van der Waals surface area contributed by atoms with E-state index in [0.29, 0.717) is 4.47 Å². The Hall–Kier alpha value is -0.610. The van der Waals surface area contributed by atoms with Crippen LogP contribution in [0, 0.1) is 5.82 Å². The fourth-order valence-corrected chi connectivity index (χ4v) is 1.19. The van der Waals surface area contributed by atoms with Crippen LogP contribution in [0.1, 0.15) is 6.92 Å². The standard InChI is InChI=1S/C9H7BrClFO2/c1-5(9(11)13)14-8-3-2-6(10)4-7(8)12/h2-5H,1H3. The highest BCUT2D eigenvalue weighted by atomic mass is 79.9. The van der Waals surface area contributed by atoms with Crippen molar-refractivity contribution in [2.45, 2.75) is 13.0 Å². The average molecular weight is 282 g/mol. The highest BCUT2D eigenvalue weighted by Crippen LogP contribution is 2.22. The normalized spacial score (nSPS) is 12.3. The summed E-state index contributed by atoms with van der Waals surface area (Å²) in [6.45, 7) is 1.46. The number of ether oxygens (including phenoxy) is 1. The second kappa shape index (κ2) is 4.75. The Morgan fingerprint density at radius 3 is 2.79 bits per heavy atom. The Balaban J connectivity index is 2.82. The molecule has 14 heavy (non-hydrogen) atoms. The smallest absolute Gasteiger partial charge is 0.262 e. The molecule has 0 aromatic heterocycles. The summed E-state index contributed by atoms with van der Waals surface area (Å²) in [6, 6.07) is 4.29. The molecule has 0 amide bonds. The molecule has 0 radical (unpaired) electrons. The molecule has 5 heteroatoms. The van der Waals surface area contributed by atoms with E-state index in [-0.39, 0.29) is 5.75 Å². The van der Waals surface area contributed by atoms with Crippen molar-refractivity contribution in [3.63, 3.8) is 0 Å². The third-order valence-corrected chi connectivity index (χ3v) is 2.32. The first-order valence-corrected chi connectivity index (χ1v) is 4.99. The molecule has 1 atom stereocenters. The zero-order valence-corrected chi connectivity index (χ0v) is 9.60.